The van der Waals surface area contributed by atoms with Crippen molar-refractivity contribution in [1.29, 1.82) is 0 Å². The van der Waals surface area contributed by atoms with E-state index in [-0.39, 0.29) is 5.92 Å². The van der Waals surface area contributed by atoms with Gasteiger partial charge in [0.05, 0.1) is 22.6 Å². The molecule has 5 nitrogen and oxygen atoms in total. The van der Waals surface area contributed by atoms with E-state index in [1.807, 2.05) is 25.2 Å². The minimum Gasteiger partial charge on any atom is -0.331 e. The second-order valence-corrected chi connectivity index (χ2v) is 5.71. The topological polar surface area (TPSA) is 72.5 Å². The van der Waals surface area contributed by atoms with Gasteiger partial charge in [-0.15, -0.1) is 0 Å². The smallest absolute Gasteiger partial charge is 0.120 e. The Morgan fingerprint density at radius 1 is 1.29 bits per heavy atom. The van der Waals surface area contributed by atoms with Crippen LogP contribution >= 0.6 is 0 Å². The summed E-state index contributed by atoms with van der Waals surface area (Å²) >= 11 is 0. The van der Waals surface area contributed by atoms with Gasteiger partial charge in [0.15, 0.2) is 0 Å². The Balaban J connectivity index is 2.07. The van der Waals surface area contributed by atoms with E-state index in [1.165, 1.54) is 0 Å². The van der Waals surface area contributed by atoms with Crippen molar-refractivity contribution >= 4 is 11.0 Å². The molecule has 21 heavy (non-hydrogen) atoms. The first-order valence-corrected chi connectivity index (χ1v) is 7.28. The number of benzene rings is 1. The summed E-state index contributed by atoms with van der Waals surface area (Å²) in [6, 6.07) is 10.2. The molecular weight excluding hydrogens is 262 g/mol. The van der Waals surface area contributed by atoms with Gasteiger partial charge in [-0.05, 0) is 24.1 Å². The molecule has 3 aromatic rings. The maximum absolute atomic E-state index is 6.01. The first-order chi connectivity index (χ1) is 10.1. The standard InChI is InChI=1S/C16H21N5/c1-10(2)13-8-14(20-19-13)11(9-17)16-18-12-6-4-5-7-15(12)21(16)3/h4-8,10-11H,9,17H2,1-3H3,(H,19,20). The number of hydrogen-bond donors (Lipinski definition) is 2. The number of para-hydroxylation sites is 2. The third-order valence-corrected chi connectivity index (χ3v) is 3.95. The highest BCUT2D eigenvalue weighted by Gasteiger charge is 2.21. The van der Waals surface area contributed by atoms with Crippen LogP contribution in [0.3, 0.4) is 0 Å². The lowest BCUT2D eigenvalue weighted by molar-refractivity contribution is 0.687. The molecule has 1 atom stereocenters. The van der Waals surface area contributed by atoms with Crippen LogP contribution < -0.4 is 5.73 Å². The molecule has 110 valence electrons. The number of aromatic nitrogens is 4. The fraction of sp³-hybridized carbons (Fsp3) is 0.375. The largest absolute Gasteiger partial charge is 0.331 e. The van der Waals surface area contributed by atoms with Gasteiger partial charge in [-0.25, -0.2) is 4.98 Å². The van der Waals surface area contributed by atoms with E-state index in [9.17, 15) is 0 Å². The van der Waals surface area contributed by atoms with Crippen LogP contribution in [0.25, 0.3) is 11.0 Å². The SMILES string of the molecule is CC(C)c1cc(C(CN)c2nc3ccccc3n2C)[nH]n1. The Bertz CT molecular complexity index is 753. The van der Waals surface area contributed by atoms with Crippen molar-refractivity contribution < 1.29 is 0 Å². The molecule has 1 aromatic carbocycles. The average molecular weight is 283 g/mol. The number of aromatic amines is 1. The van der Waals surface area contributed by atoms with Gasteiger partial charge in [0.2, 0.25) is 0 Å². The molecule has 0 saturated heterocycles. The van der Waals surface area contributed by atoms with Crippen LogP contribution in [0.2, 0.25) is 0 Å². The monoisotopic (exact) mass is 283 g/mol. The quantitative estimate of drug-likeness (QED) is 0.772. The molecule has 0 radical (unpaired) electrons. The predicted octanol–water partition coefficient (Wildman–Crippen LogP) is 2.51. The summed E-state index contributed by atoms with van der Waals surface area (Å²) in [6.45, 7) is 4.76. The number of aryl methyl sites for hydroxylation is 1. The molecule has 3 rings (SSSR count). The molecule has 0 aliphatic heterocycles. The van der Waals surface area contributed by atoms with E-state index in [2.05, 4.69) is 40.7 Å². The van der Waals surface area contributed by atoms with Crippen molar-refractivity contribution in [3.8, 4) is 0 Å². The lowest BCUT2D eigenvalue weighted by atomic mass is 10.0. The number of fused-ring (bicyclic) bond motifs is 1. The fourth-order valence-electron chi connectivity index (χ4n) is 2.67. The molecule has 3 N–H and O–H groups in total. The van der Waals surface area contributed by atoms with Crippen molar-refractivity contribution in [3.05, 3.63) is 47.5 Å². The molecule has 0 spiro atoms. The van der Waals surface area contributed by atoms with Gasteiger partial charge in [-0.1, -0.05) is 26.0 Å². The Morgan fingerprint density at radius 2 is 2.05 bits per heavy atom. The molecule has 0 fully saturated rings. The molecule has 2 heterocycles. The normalized spacial score (nSPS) is 13.2. The van der Waals surface area contributed by atoms with Crippen LogP contribution in [-0.2, 0) is 7.05 Å². The Kier molecular flexibility index (Phi) is 3.51. The Labute approximate surface area is 124 Å². The van der Waals surface area contributed by atoms with Crippen LogP contribution in [0.1, 0.15) is 42.9 Å². The highest BCUT2D eigenvalue weighted by Crippen LogP contribution is 2.26. The molecule has 2 aromatic heterocycles. The highest BCUT2D eigenvalue weighted by atomic mass is 15.1. The summed E-state index contributed by atoms with van der Waals surface area (Å²) in [4.78, 5) is 4.75. The van der Waals surface area contributed by atoms with E-state index >= 15 is 0 Å². The molecule has 0 aliphatic rings. The first kappa shape index (κ1) is 13.8. The van der Waals surface area contributed by atoms with Gasteiger partial charge in [-0.3, -0.25) is 5.10 Å². The third kappa shape index (κ3) is 2.34. The maximum Gasteiger partial charge on any atom is 0.120 e. The number of nitrogens with two attached hydrogens (primary N) is 1. The van der Waals surface area contributed by atoms with Gasteiger partial charge in [-0.2, -0.15) is 5.10 Å². The van der Waals surface area contributed by atoms with Crippen molar-refractivity contribution in [2.75, 3.05) is 6.54 Å². The highest BCUT2D eigenvalue weighted by molar-refractivity contribution is 5.76. The van der Waals surface area contributed by atoms with E-state index < -0.39 is 0 Å². The number of imidazole rings is 1. The summed E-state index contributed by atoms with van der Waals surface area (Å²) in [6.07, 6.45) is 0. The molecule has 0 amide bonds. The number of hydrogen-bond acceptors (Lipinski definition) is 3. The number of rotatable bonds is 4. The van der Waals surface area contributed by atoms with Crippen LogP contribution in [0, 0.1) is 0 Å². The lowest BCUT2D eigenvalue weighted by Crippen LogP contribution is -2.18. The number of H-pyrrole nitrogens is 1. The summed E-state index contributed by atoms with van der Waals surface area (Å²) in [7, 11) is 2.03. The van der Waals surface area contributed by atoms with Gasteiger partial charge >= 0.3 is 0 Å². The Morgan fingerprint density at radius 3 is 2.67 bits per heavy atom. The summed E-state index contributed by atoms with van der Waals surface area (Å²) in [5.74, 6) is 1.40. The molecule has 0 bridgehead atoms. The molecule has 0 aliphatic carbocycles. The summed E-state index contributed by atoms with van der Waals surface area (Å²) < 4.78 is 2.11. The van der Waals surface area contributed by atoms with E-state index in [0.717, 1.165) is 28.2 Å². The average Bonchev–Trinajstić information content (AvgIpc) is 3.07. The summed E-state index contributed by atoms with van der Waals surface area (Å²) in [5.41, 5.74) is 10.2. The van der Waals surface area contributed by atoms with Crippen molar-refractivity contribution in [3.63, 3.8) is 0 Å². The predicted molar refractivity (Wildman–Crippen MR) is 84.3 cm³/mol. The molecule has 1 unspecified atom stereocenters. The second kappa shape index (κ2) is 5.33. The zero-order chi connectivity index (χ0) is 15.0. The van der Waals surface area contributed by atoms with Gasteiger partial charge in [0, 0.05) is 19.3 Å². The fourth-order valence-corrected chi connectivity index (χ4v) is 2.67. The van der Waals surface area contributed by atoms with Crippen molar-refractivity contribution in [2.24, 2.45) is 12.8 Å². The maximum atomic E-state index is 6.01. The molecular formula is C16H21N5. The Hall–Kier alpha value is -2.14. The second-order valence-electron chi connectivity index (χ2n) is 5.71. The zero-order valence-electron chi connectivity index (χ0n) is 12.7. The van der Waals surface area contributed by atoms with Gasteiger partial charge in [0.25, 0.3) is 0 Å². The van der Waals surface area contributed by atoms with Crippen molar-refractivity contribution in [2.45, 2.75) is 25.7 Å². The number of nitrogens with zero attached hydrogens (tertiary/aromatic N) is 3. The number of nitrogens with one attached hydrogen (secondary N) is 1. The summed E-state index contributed by atoms with van der Waals surface area (Å²) in [5, 5.41) is 7.50. The van der Waals surface area contributed by atoms with Gasteiger partial charge in [0.1, 0.15) is 5.82 Å². The zero-order valence-corrected chi connectivity index (χ0v) is 12.7. The molecule has 0 saturated carbocycles. The van der Waals surface area contributed by atoms with Crippen LogP contribution in [0.4, 0.5) is 0 Å². The minimum absolute atomic E-state index is 0.0300. The molecule has 5 heteroatoms. The van der Waals surface area contributed by atoms with Crippen LogP contribution in [-0.4, -0.2) is 26.3 Å². The minimum atomic E-state index is 0.0300. The third-order valence-electron chi connectivity index (χ3n) is 3.95. The van der Waals surface area contributed by atoms with Crippen LogP contribution in [0.5, 0.6) is 0 Å². The van der Waals surface area contributed by atoms with Crippen molar-refractivity contribution in [1.82, 2.24) is 19.7 Å². The van der Waals surface area contributed by atoms with E-state index in [4.69, 9.17) is 10.7 Å². The van der Waals surface area contributed by atoms with E-state index in [0.29, 0.717) is 12.5 Å². The van der Waals surface area contributed by atoms with E-state index in [1.54, 1.807) is 0 Å². The lowest BCUT2D eigenvalue weighted by Gasteiger charge is -2.12. The van der Waals surface area contributed by atoms with Gasteiger partial charge < -0.3 is 10.3 Å². The van der Waals surface area contributed by atoms with Crippen LogP contribution in [0.15, 0.2) is 30.3 Å². The first-order valence-electron chi connectivity index (χ1n) is 7.28.